The lowest BCUT2D eigenvalue weighted by atomic mass is 10.0. The highest BCUT2D eigenvalue weighted by atomic mass is 35.5. The molecular weight excluding hydrogens is 300 g/mol. The van der Waals surface area contributed by atoms with Crippen LogP contribution in [0.5, 0.6) is 0 Å². The van der Waals surface area contributed by atoms with E-state index in [1.165, 1.54) is 17.4 Å². The highest BCUT2D eigenvalue weighted by Gasteiger charge is 2.17. The van der Waals surface area contributed by atoms with Gasteiger partial charge < -0.3 is 5.32 Å². The van der Waals surface area contributed by atoms with E-state index in [-0.39, 0.29) is 6.04 Å². The lowest BCUT2D eigenvalue weighted by molar-refractivity contribution is 0.479. The highest BCUT2D eigenvalue weighted by molar-refractivity contribution is 7.16. The van der Waals surface area contributed by atoms with Crippen molar-refractivity contribution in [1.29, 1.82) is 0 Å². The number of halogens is 3. The number of hydrogen-bond donors (Lipinski definition) is 1. The smallest absolute Gasteiger partial charge is 0.162 e. The molecule has 0 aliphatic heterocycles. The largest absolute Gasteiger partial charge is 0.309 e. The third-order valence-corrected chi connectivity index (χ3v) is 4.38. The normalized spacial score (nSPS) is 12.6. The first-order chi connectivity index (χ1) is 9.61. The minimum atomic E-state index is -0.805. The second kappa shape index (κ2) is 7.16. The van der Waals surface area contributed by atoms with Gasteiger partial charge in [-0.15, -0.1) is 11.3 Å². The van der Waals surface area contributed by atoms with E-state index in [1.807, 2.05) is 12.1 Å². The lowest BCUT2D eigenvalue weighted by Crippen LogP contribution is -2.23. The van der Waals surface area contributed by atoms with E-state index in [2.05, 4.69) is 12.2 Å². The summed E-state index contributed by atoms with van der Waals surface area (Å²) in [4.78, 5) is 1.03. The van der Waals surface area contributed by atoms with Crippen molar-refractivity contribution in [2.75, 3.05) is 6.54 Å². The molecule has 1 unspecified atom stereocenters. The SMILES string of the molecule is CCCNC(Cc1cccc(F)c1F)c1ccc(Cl)s1. The molecular formula is C15H16ClF2NS. The van der Waals surface area contributed by atoms with Crippen LogP contribution in [0.1, 0.15) is 29.8 Å². The van der Waals surface area contributed by atoms with Gasteiger partial charge in [-0.25, -0.2) is 8.78 Å². The predicted octanol–water partition coefficient (Wildman–Crippen LogP) is 4.96. The third-order valence-electron chi connectivity index (χ3n) is 3.03. The van der Waals surface area contributed by atoms with Gasteiger partial charge in [-0.2, -0.15) is 0 Å². The Morgan fingerprint density at radius 2 is 2.05 bits per heavy atom. The van der Waals surface area contributed by atoms with Crippen LogP contribution in [0.2, 0.25) is 4.34 Å². The van der Waals surface area contributed by atoms with Gasteiger partial charge in [0, 0.05) is 10.9 Å². The first kappa shape index (κ1) is 15.4. The maximum Gasteiger partial charge on any atom is 0.162 e. The molecule has 0 saturated heterocycles. The molecule has 1 heterocycles. The van der Waals surface area contributed by atoms with Crippen LogP contribution in [0.4, 0.5) is 8.78 Å². The van der Waals surface area contributed by atoms with E-state index in [1.54, 1.807) is 6.07 Å². The Balaban J connectivity index is 2.21. The van der Waals surface area contributed by atoms with E-state index >= 15 is 0 Å². The van der Waals surface area contributed by atoms with Crippen molar-refractivity contribution >= 4 is 22.9 Å². The average molecular weight is 316 g/mol. The Hall–Kier alpha value is -0.970. The Morgan fingerprint density at radius 3 is 2.70 bits per heavy atom. The van der Waals surface area contributed by atoms with Crippen molar-refractivity contribution in [3.05, 3.63) is 56.7 Å². The zero-order chi connectivity index (χ0) is 14.5. The number of thiophene rings is 1. The van der Waals surface area contributed by atoms with Gasteiger partial charge >= 0.3 is 0 Å². The van der Waals surface area contributed by atoms with E-state index in [0.29, 0.717) is 16.3 Å². The summed E-state index contributed by atoms with van der Waals surface area (Å²) in [6, 6.07) is 7.99. The quantitative estimate of drug-likeness (QED) is 0.794. The van der Waals surface area contributed by atoms with Crippen molar-refractivity contribution in [3.8, 4) is 0 Å². The molecule has 1 aromatic carbocycles. The molecule has 2 aromatic rings. The summed E-state index contributed by atoms with van der Waals surface area (Å²) < 4.78 is 27.8. The number of nitrogens with one attached hydrogen (secondary N) is 1. The lowest BCUT2D eigenvalue weighted by Gasteiger charge is -2.17. The molecule has 0 fully saturated rings. The number of benzene rings is 1. The molecule has 0 saturated carbocycles. The summed E-state index contributed by atoms with van der Waals surface area (Å²) in [6.07, 6.45) is 1.38. The third kappa shape index (κ3) is 3.78. The Kier molecular flexibility index (Phi) is 5.52. The van der Waals surface area contributed by atoms with Crippen molar-refractivity contribution in [2.45, 2.75) is 25.8 Å². The average Bonchev–Trinajstić information content (AvgIpc) is 2.86. The van der Waals surface area contributed by atoms with Crippen molar-refractivity contribution < 1.29 is 8.78 Å². The fraction of sp³-hybridized carbons (Fsp3) is 0.333. The zero-order valence-corrected chi connectivity index (χ0v) is 12.7. The molecule has 108 valence electrons. The summed E-state index contributed by atoms with van der Waals surface area (Å²) >= 11 is 7.42. The molecule has 0 spiro atoms. The van der Waals surface area contributed by atoms with Crippen molar-refractivity contribution in [1.82, 2.24) is 5.32 Å². The van der Waals surface area contributed by atoms with Crippen LogP contribution in [0.3, 0.4) is 0 Å². The van der Waals surface area contributed by atoms with E-state index in [4.69, 9.17) is 11.6 Å². The summed E-state index contributed by atoms with van der Waals surface area (Å²) in [6.45, 7) is 2.88. The van der Waals surface area contributed by atoms with E-state index in [0.717, 1.165) is 23.9 Å². The maximum absolute atomic E-state index is 13.8. The Morgan fingerprint density at radius 1 is 1.25 bits per heavy atom. The molecule has 0 aliphatic rings. The van der Waals surface area contributed by atoms with E-state index in [9.17, 15) is 8.78 Å². The maximum atomic E-state index is 13.8. The summed E-state index contributed by atoms with van der Waals surface area (Å²) in [5.41, 5.74) is 0.378. The molecule has 1 nitrogen and oxygen atoms in total. The molecule has 1 N–H and O–H groups in total. The van der Waals surface area contributed by atoms with Crippen molar-refractivity contribution in [2.24, 2.45) is 0 Å². The standard InChI is InChI=1S/C15H16ClF2NS/c1-2-8-19-12(13-6-7-14(16)20-13)9-10-4-3-5-11(17)15(10)18/h3-7,12,19H,2,8-9H2,1H3. The molecule has 0 aliphatic carbocycles. The number of rotatable bonds is 6. The molecule has 0 amide bonds. The topological polar surface area (TPSA) is 12.0 Å². The van der Waals surface area contributed by atoms with Gasteiger partial charge in [0.1, 0.15) is 0 Å². The predicted molar refractivity (Wildman–Crippen MR) is 80.4 cm³/mol. The van der Waals surface area contributed by atoms with E-state index < -0.39 is 11.6 Å². The first-order valence-electron chi connectivity index (χ1n) is 6.53. The molecule has 0 bridgehead atoms. The zero-order valence-electron chi connectivity index (χ0n) is 11.1. The van der Waals surface area contributed by atoms with Gasteiger partial charge in [0.05, 0.1) is 4.34 Å². The highest BCUT2D eigenvalue weighted by Crippen LogP contribution is 2.29. The van der Waals surface area contributed by atoms with Crippen LogP contribution in [-0.2, 0) is 6.42 Å². The Bertz CT molecular complexity index is 571. The van der Waals surface area contributed by atoms with Gasteiger partial charge in [0.15, 0.2) is 11.6 Å². The fourth-order valence-electron chi connectivity index (χ4n) is 2.03. The molecule has 20 heavy (non-hydrogen) atoms. The summed E-state index contributed by atoms with van der Waals surface area (Å²) in [5.74, 6) is -1.57. The van der Waals surface area contributed by atoms with Crippen LogP contribution >= 0.6 is 22.9 Å². The summed E-state index contributed by atoms with van der Waals surface area (Å²) in [5, 5.41) is 3.36. The minimum Gasteiger partial charge on any atom is -0.309 e. The monoisotopic (exact) mass is 315 g/mol. The minimum absolute atomic E-state index is 0.0521. The molecule has 5 heteroatoms. The van der Waals surface area contributed by atoms with Crippen LogP contribution in [0.25, 0.3) is 0 Å². The van der Waals surface area contributed by atoms with Crippen LogP contribution < -0.4 is 5.32 Å². The first-order valence-corrected chi connectivity index (χ1v) is 7.72. The van der Waals surface area contributed by atoms with Crippen LogP contribution in [0.15, 0.2) is 30.3 Å². The van der Waals surface area contributed by atoms with Gasteiger partial charge in [0.25, 0.3) is 0 Å². The summed E-state index contributed by atoms with van der Waals surface area (Å²) in [7, 11) is 0. The van der Waals surface area contributed by atoms with Gasteiger partial charge in [-0.3, -0.25) is 0 Å². The number of hydrogen-bond acceptors (Lipinski definition) is 2. The molecule has 1 atom stereocenters. The van der Waals surface area contributed by atoms with Crippen molar-refractivity contribution in [3.63, 3.8) is 0 Å². The Labute approximate surface area is 126 Å². The molecule has 1 aromatic heterocycles. The van der Waals surface area contributed by atoms with Gasteiger partial charge in [0.2, 0.25) is 0 Å². The van der Waals surface area contributed by atoms with Crippen LogP contribution in [-0.4, -0.2) is 6.54 Å². The fourth-order valence-corrected chi connectivity index (χ4v) is 3.17. The van der Waals surface area contributed by atoms with Crippen LogP contribution in [0, 0.1) is 11.6 Å². The molecule has 0 radical (unpaired) electrons. The molecule has 2 rings (SSSR count). The second-order valence-corrected chi connectivity index (χ2v) is 6.31. The van der Waals surface area contributed by atoms with Gasteiger partial charge in [-0.1, -0.05) is 30.7 Å². The second-order valence-electron chi connectivity index (χ2n) is 4.57. The van der Waals surface area contributed by atoms with Gasteiger partial charge in [-0.05, 0) is 43.1 Å².